The number of aromatic hydroxyl groups is 1. The van der Waals surface area contributed by atoms with Crippen LogP contribution in [0.4, 0.5) is 16.2 Å². The molecule has 0 radical (unpaired) electrons. The van der Waals surface area contributed by atoms with Gasteiger partial charge in [-0.1, -0.05) is 43.3 Å². The van der Waals surface area contributed by atoms with Crippen LogP contribution >= 0.6 is 11.8 Å². The van der Waals surface area contributed by atoms with Gasteiger partial charge in [0.15, 0.2) is 11.6 Å². The van der Waals surface area contributed by atoms with Gasteiger partial charge >= 0.3 is 0 Å². The molecule has 1 spiro atoms. The minimum atomic E-state index is -1.04. The number of thioether (sulfide) groups is 1. The van der Waals surface area contributed by atoms with Gasteiger partial charge in [0.2, 0.25) is 0 Å². The third kappa shape index (κ3) is 4.48. The molecule has 0 bridgehead atoms. The van der Waals surface area contributed by atoms with Gasteiger partial charge in [-0.25, -0.2) is 4.90 Å². The lowest BCUT2D eigenvalue weighted by molar-refractivity contribution is -0.142. The summed E-state index contributed by atoms with van der Waals surface area (Å²) in [6.07, 6.45) is 2.86. The van der Waals surface area contributed by atoms with Gasteiger partial charge in [-0.05, 0) is 92.8 Å². The zero-order valence-electron chi connectivity index (χ0n) is 23.2. The van der Waals surface area contributed by atoms with Gasteiger partial charge in [0.1, 0.15) is 11.4 Å². The molecule has 8 nitrogen and oxygen atoms in total. The minimum Gasteiger partial charge on any atom is -0.508 e. The van der Waals surface area contributed by atoms with Gasteiger partial charge in [0.25, 0.3) is 17.1 Å². The quantitative estimate of drug-likeness (QED) is 0.337. The van der Waals surface area contributed by atoms with Crippen molar-refractivity contribution in [1.29, 1.82) is 0 Å². The van der Waals surface area contributed by atoms with Crippen LogP contribution in [-0.4, -0.2) is 49.6 Å². The van der Waals surface area contributed by atoms with E-state index in [1.165, 1.54) is 4.90 Å². The lowest BCUT2D eigenvalue weighted by Crippen LogP contribution is -2.66. The number of amides is 3. The van der Waals surface area contributed by atoms with Gasteiger partial charge in [0.05, 0.1) is 11.3 Å². The number of hydrogen-bond acceptors (Lipinski definition) is 7. The molecule has 3 amide bonds. The number of imide groups is 1. The van der Waals surface area contributed by atoms with E-state index in [4.69, 9.17) is 4.74 Å². The predicted octanol–water partition coefficient (Wildman–Crippen LogP) is 6.71. The number of ether oxygens (including phenoxy) is 1. The van der Waals surface area contributed by atoms with Gasteiger partial charge in [-0.2, -0.15) is 0 Å². The Hall–Kier alpha value is -3.82. The maximum Gasteiger partial charge on any atom is 0.293 e. The number of benzene rings is 3. The number of anilines is 2. The van der Waals surface area contributed by atoms with E-state index in [9.17, 15) is 19.5 Å². The molecule has 3 aromatic carbocycles. The molecule has 1 saturated heterocycles. The van der Waals surface area contributed by atoms with Crippen molar-refractivity contribution in [3.05, 3.63) is 89.5 Å². The number of rotatable bonds is 7. The van der Waals surface area contributed by atoms with Crippen LogP contribution in [0, 0.1) is 6.92 Å². The smallest absolute Gasteiger partial charge is 0.293 e. The van der Waals surface area contributed by atoms with Crippen molar-refractivity contribution in [3.63, 3.8) is 0 Å². The molecule has 1 N–H and O–H groups in total. The molecule has 1 saturated carbocycles. The average molecular weight is 572 g/mol. The highest BCUT2D eigenvalue weighted by Gasteiger charge is 2.59. The second-order valence-electron chi connectivity index (χ2n) is 10.8. The molecule has 1 aliphatic carbocycles. The first kappa shape index (κ1) is 27.4. The number of hydrogen-bond donors (Lipinski definition) is 1. The number of aryl methyl sites for hydroxylation is 1. The Bertz CT molecular complexity index is 1490. The third-order valence-electron chi connectivity index (χ3n) is 8.23. The van der Waals surface area contributed by atoms with Crippen LogP contribution in [0.15, 0.2) is 72.8 Å². The van der Waals surface area contributed by atoms with Crippen LogP contribution in [0.25, 0.3) is 0 Å². The second-order valence-corrected chi connectivity index (χ2v) is 11.8. The second kappa shape index (κ2) is 10.9. The number of nitrogens with zero attached hydrogens (tertiary/aromatic N) is 3. The monoisotopic (exact) mass is 571 g/mol. The zero-order chi connectivity index (χ0) is 28.7. The van der Waals surface area contributed by atoms with Crippen molar-refractivity contribution in [1.82, 2.24) is 9.80 Å². The highest BCUT2D eigenvalue weighted by molar-refractivity contribution is 8.15. The van der Waals surface area contributed by atoms with Gasteiger partial charge in [-0.15, -0.1) is 0 Å². The number of carbonyl (C=O) groups is 3. The Labute approximate surface area is 243 Å². The molecule has 212 valence electrons. The highest BCUT2D eigenvalue weighted by Crippen LogP contribution is 2.53. The maximum atomic E-state index is 14.4. The molecule has 2 aliphatic heterocycles. The molecular formula is C32H33N3O5S. The van der Waals surface area contributed by atoms with E-state index in [1.54, 1.807) is 23.1 Å². The lowest BCUT2D eigenvalue weighted by atomic mass is 9.93. The summed E-state index contributed by atoms with van der Waals surface area (Å²) in [5.41, 5.74) is 2.84. The fraction of sp³-hybridized carbons (Fsp3) is 0.344. The maximum absolute atomic E-state index is 14.4. The van der Waals surface area contributed by atoms with E-state index < -0.39 is 28.4 Å². The van der Waals surface area contributed by atoms with Crippen molar-refractivity contribution in [3.8, 4) is 5.75 Å². The van der Waals surface area contributed by atoms with Crippen LogP contribution < -0.4 is 4.90 Å². The molecule has 3 aliphatic rings. The Morgan fingerprint density at radius 2 is 1.66 bits per heavy atom. The van der Waals surface area contributed by atoms with Gasteiger partial charge in [-0.3, -0.25) is 19.3 Å². The largest absolute Gasteiger partial charge is 0.508 e. The first-order chi connectivity index (χ1) is 19.9. The Morgan fingerprint density at radius 3 is 2.37 bits per heavy atom. The van der Waals surface area contributed by atoms with Crippen molar-refractivity contribution in [2.75, 3.05) is 11.5 Å². The predicted molar refractivity (Wildman–Crippen MR) is 158 cm³/mol. The number of phenols is 1. The van der Waals surface area contributed by atoms with E-state index in [-0.39, 0.29) is 11.7 Å². The molecule has 2 heterocycles. The number of para-hydroxylation sites is 1. The average Bonchev–Trinajstić information content (AvgIpc) is 3.56. The van der Waals surface area contributed by atoms with Crippen molar-refractivity contribution in [2.45, 2.75) is 63.2 Å². The third-order valence-corrected chi connectivity index (χ3v) is 9.27. The van der Waals surface area contributed by atoms with Crippen molar-refractivity contribution < 1.29 is 24.2 Å². The van der Waals surface area contributed by atoms with Crippen LogP contribution in [0.1, 0.15) is 66.7 Å². The van der Waals surface area contributed by atoms with E-state index in [1.807, 2.05) is 68.4 Å². The number of fused-ring (bicyclic) bond motifs is 1. The first-order valence-electron chi connectivity index (χ1n) is 14.1. The summed E-state index contributed by atoms with van der Waals surface area (Å²) < 4.78 is 6.15. The van der Waals surface area contributed by atoms with Crippen molar-refractivity contribution in [2.24, 2.45) is 0 Å². The molecule has 2 fully saturated rings. The topological polar surface area (TPSA) is 90.4 Å². The lowest BCUT2D eigenvalue weighted by Gasteiger charge is -2.54. The molecule has 6 rings (SSSR count). The summed E-state index contributed by atoms with van der Waals surface area (Å²) >= 11 is 0.885. The molecular weight excluding hydrogens is 538 g/mol. The van der Waals surface area contributed by atoms with E-state index in [2.05, 4.69) is 4.90 Å². The standard InChI is InChI=1S/C32H33N3O5S/c1-3-20-40-29(24-11-5-4-10-21(24)2)33-28(38)30(41-31(33)39)35-27(37)25-12-6-7-13-26(25)34(32(35)18-8-9-19-32)22-14-16-23(36)17-15-22/h4-7,10-17,29-30,36H,3,8-9,18-20H2,1-2H3. The van der Waals surface area contributed by atoms with Crippen LogP contribution in [0.2, 0.25) is 0 Å². The van der Waals surface area contributed by atoms with Crippen molar-refractivity contribution >= 4 is 40.2 Å². The molecule has 3 aromatic rings. The summed E-state index contributed by atoms with van der Waals surface area (Å²) in [5, 5.41) is 8.53. The summed E-state index contributed by atoms with van der Waals surface area (Å²) in [7, 11) is 0. The normalized spacial score (nSPS) is 20.7. The Morgan fingerprint density at radius 1 is 0.976 bits per heavy atom. The van der Waals surface area contributed by atoms with Crippen LogP contribution in [0.5, 0.6) is 5.75 Å². The molecule has 2 unspecified atom stereocenters. The van der Waals surface area contributed by atoms with E-state index in [0.29, 0.717) is 25.0 Å². The first-order valence-corrected chi connectivity index (χ1v) is 15.0. The molecule has 0 aromatic heterocycles. The summed E-state index contributed by atoms with van der Waals surface area (Å²) in [6.45, 7) is 4.28. The number of carbonyl (C=O) groups excluding carboxylic acids is 3. The summed E-state index contributed by atoms with van der Waals surface area (Å²) in [4.78, 5) is 47.4. The number of phenolic OH excluding ortho intramolecular Hbond substituents is 1. The zero-order valence-corrected chi connectivity index (χ0v) is 24.0. The Balaban J connectivity index is 1.46. The van der Waals surface area contributed by atoms with Crippen LogP contribution in [0.3, 0.4) is 0 Å². The van der Waals surface area contributed by atoms with Gasteiger partial charge in [0, 0.05) is 17.9 Å². The SMILES string of the molecule is CCCOC(c1ccccc1C)N1C(=O)SC(N2C(=O)c3ccccc3N(c3ccc(O)cc3)C23CCCC3)C1=O. The minimum absolute atomic E-state index is 0.143. The van der Waals surface area contributed by atoms with E-state index in [0.717, 1.165) is 53.5 Å². The van der Waals surface area contributed by atoms with Crippen LogP contribution in [-0.2, 0) is 9.53 Å². The van der Waals surface area contributed by atoms with Gasteiger partial charge < -0.3 is 14.7 Å². The molecule has 9 heteroatoms. The van der Waals surface area contributed by atoms with E-state index >= 15 is 0 Å². The molecule has 2 atom stereocenters. The Kier molecular flexibility index (Phi) is 7.25. The highest BCUT2D eigenvalue weighted by atomic mass is 32.2. The summed E-state index contributed by atoms with van der Waals surface area (Å²) in [5.74, 6) is -0.571. The summed E-state index contributed by atoms with van der Waals surface area (Å²) in [6, 6.07) is 21.9. The fourth-order valence-corrected chi connectivity index (χ4v) is 7.50. The molecule has 41 heavy (non-hydrogen) atoms. The fourth-order valence-electron chi connectivity index (χ4n) is 6.39.